The fourth-order valence-electron chi connectivity index (χ4n) is 5.42. The van der Waals surface area contributed by atoms with Crippen molar-refractivity contribution in [2.75, 3.05) is 51.4 Å². The summed E-state index contributed by atoms with van der Waals surface area (Å²) in [6.07, 6.45) is 3.85. The standard InChI is InChI=1S/C25H35FN4O3S/c1-24(2,31-3)8-11-32-22-5-4-19(26)12-21(22)18-6-9-29(10-7-18)20-13-25(33-14-20)15-30(16-25)23-28-27-17-34-23/h4-5,12,17-18,20H,6-11,13-16H2,1-3H3/t20-/m0/s1. The Morgan fingerprint density at radius 3 is 2.76 bits per heavy atom. The number of hydrogen-bond donors (Lipinski definition) is 0. The second-order valence-electron chi connectivity index (χ2n) is 10.5. The van der Waals surface area contributed by atoms with Crippen LogP contribution in [-0.2, 0) is 9.47 Å². The van der Waals surface area contributed by atoms with Crippen LogP contribution in [0, 0.1) is 5.82 Å². The zero-order chi connectivity index (χ0) is 23.8. The zero-order valence-corrected chi connectivity index (χ0v) is 21.2. The lowest BCUT2D eigenvalue weighted by molar-refractivity contribution is -0.0195. The highest BCUT2D eigenvalue weighted by Crippen LogP contribution is 2.41. The highest BCUT2D eigenvalue weighted by atomic mass is 32.1. The molecule has 0 bridgehead atoms. The summed E-state index contributed by atoms with van der Waals surface area (Å²) >= 11 is 1.58. The van der Waals surface area contributed by atoms with Gasteiger partial charge in [0, 0.05) is 25.1 Å². The van der Waals surface area contributed by atoms with E-state index in [1.807, 2.05) is 13.8 Å². The maximum atomic E-state index is 14.1. The first-order valence-corrected chi connectivity index (χ1v) is 13.1. The number of likely N-dealkylation sites (tertiary alicyclic amines) is 1. The Morgan fingerprint density at radius 2 is 2.06 bits per heavy atom. The number of hydrogen-bond acceptors (Lipinski definition) is 8. The second kappa shape index (κ2) is 9.68. The summed E-state index contributed by atoms with van der Waals surface area (Å²) in [6, 6.07) is 5.40. The van der Waals surface area contributed by atoms with E-state index in [-0.39, 0.29) is 17.0 Å². The molecule has 2 aromatic rings. The lowest BCUT2D eigenvalue weighted by Crippen LogP contribution is -2.62. The average molecular weight is 491 g/mol. The van der Waals surface area contributed by atoms with Crippen molar-refractivity contribution in [1.29, 1.82) is 0 Å². The summed E-state index contributed by atoms with van der Waals surface area (Å²) in [6.45, 7) is 9.24. The molecule has 0 radical (unpaired) electrons. The van der Waals surface area contributed by atoms with Crippen molar-refractivity contribution in [2.24, 2.45) is 0 Å². The molecular weight excluding hydrogens is 455 g/mol. The minimum atomic E-state index is -0.235. The molecule has 1 atom stereocenters. The lowest BCUT2D eigenvalue weighted by Gasteiger charge is -2.47. The van der Waals surface area contributed by atoms with E-state index in [9.17, 15) is 4.39 Å². The minimum absolute atomic E-state index is 0.0350. The maximum Gasteiger partial charge on any atom is 0.208 e. The van der Waals surface area contributed by atoms with Gasteiger partial charge in [0.15, 0.2) is 0 Å². The third kappa shape index (κ3) is 5.08. The van der Waals surface area contributed by atoms with E-state index in [4.69, 9.17) is 14.2 Å². The van der Waals surface area contributed by atoms with E-state index in [1.54, 1.807) is 36.1 Å². The number of anilines is 1. The van der Waals surface area contributed by atoms with Gasteiger partial charge in [0.1, 0.15) is 22.7 Å². The highest BCUT2D eigenvalue weighted by Gasteiger charge is 2.51. The molecule has 1 spiro atoms. The molecule has 7 nitrogen and oxygen atoms in total. The van der Waals surface area contributed by atoms with Crippen LogP contribution >= 0.6 is 11.3 Å². The molecule has 1 aromatic carbocycles. The summed E-state index contributed by atoms with van der Waals surface area (Å²) in [5.41, 5.74) is 2.51. The first-order valence-electron chi connectivity index (χ1n) is 12.2. The Morgan fingerprint density at radius 1 is 1.26 bits per heavy atom. The molecular formula is C25H35FN4O3S. The molecule has 0 aliphatic carbocycles. The monoisotopic (exact) mass is 490 g/mol. The summed E-state index contributed by atoms with van der Waals surface area (Å²) in [5, 5.41) is 9.10. The van der Waals surface area contributed by atoms with Crippen molar-refractivity contribution in [3.05, 3.63) is 35.1 Å². The average Bonchev–Trinajstić information content (AvgIpc) is 3.50. The number of benzene rings is 1. The van der Waals surface area contributed by atoms with E-state index in [1.165, 1.54) is 6.07 Å². The Hall–Kier alpha value is -1.81. The van der Waals surface area contributed by atoms with Crippen LogP contribution in [0.2, 0.25) is 0 Å². The molecule has 0 amide bonds. The largest absolute Gasteiger partial charge is 0.493 e. The molecule has 0 saturated carbocycles. The van der Waals surface area contributed by atoms with Crippen molar-refractivity contribution in [3.63, 3.8) is 0 Å². The number of rotatable bonds is 8. The van der Waals surface area contributed by atoms with E-state index in [2.05, 4.69) is 20.0 Å². The second-order valence-corrected chi connectivity index (χ2v) is 11.3. The van der Waals surface area contributed by atoms with Crippen LogP contribution < -0.4 is 9.64 Å². The smallest absolute Gasteiger partial charge is 0.208 e. The van der Waals surface area contributed by atoms with Gasteiger partial charge in [-0.3, -0.25) is 4.90 Å². The molecule has 34 heavy (non-hydrogen) atoms. The molecule has 186 valence electrons. The van der Waals surface area contributed by atoms with E-state index >= 15 is 0 Å². The molecule has 3 fully saturated rings. The molecule has 0 unspecified atom stereocenters. The molecule has 4 heterocycles. The van der Waals surface area contributed by atoms with Crippen molar-refractivity contribution in [3.8, 4) is 5.75 Å². The van der Waals surface area contributed by atoms with Crippen molar-refractivity contribution >= 4 is 16.5 Å². The molecule has 9 heteroatoms. The quantitative estimate of drug-likeness (QED) is 0.552. The predicted molar refractivity (Wildman–Crippen MR) is 130 cm³/mol. The van der Waals surface area contributed by atoms with Crippen molar-refractivity contribution in [1.82, 2.24) is 15.1 Å². The summed E-state index contributed by atoms with van der Waals surface area (Å²) in [7, 11) is 1.72. The van der Waals surface area contributed by atoms with Crippen LogP contribution in [0.4, 0.5) is 9.52 Å². The molecule has 0 N–H and O–H groups in total. The van der Waals surface area contributed by atoms with Gasteiger partial charge < -0.3 is 19.1 Å². The number of aromatic nitrogens is 2. The SMILES string of the molecule is COC(C)(C)CCOc1ccc(F)cc1C1CCN([C@@H]2COC3(C2)CN(c2nncs2)C3)CC1. The number of nitrogens with zero attached hydrogens (tertiary/aromatic N) is 4. The first kappa shape index (κ1) is 23.9. The van der Waals surface area contributed by atoms with Gasteiger partial charge in [-0.15, -0.1) is 10.2 Å². The van der Waals surface area contributed by atoms with Crippen LogP contribution in [0.5, 0.6) is 5.75 Å². The zero-order valence-electron chi connectivity index (χ0n) is 20.3. The van der Waals surface area contributed by atoms with Crippen molar-refractivity contribution in [2.45, 2.75) is 62.7 Å². The Bertz CT molecular complexity index is 959. The van der Waals surface area contributed by atoms with Gasteiger partial charge in [-0.2, -0.15) is 0 Å². The van der Waals surface area contributed by atoms with Gasteiger partial charge in [-0.05, 0) is 70.3 Å². The van der Waals surface area contributed by atoms with Gasteiger partial charge in [0.2, 0.25) is 5.13 Å². The predicted octanol–water partition coefficient (Wildman–Crippen LogP) is 4.10. The number of ether oxygens (including phenoxy) is 3. The van der Waals surface area contributed by atoms with Crippen LogP contribution in [0.25, 0.3) is 0 Å². The minimum Gasteiger partial charge on any atom is -0.493 e. The van der Waals surface area contributed by atoms with Gasteiger partial charge in [-0.1, -0.05) is 11.3 Å². The normalized spacial score (nSPS) is 23.4. The topological polar surface area (TPSA) is 60.0 Å². The Labute approximate surface area is 205 Å². The first-order chi connectivity index (χ1) is 16.4. The third-order valence-corrected chi connectivity index (χ3v) is 8.49. The third-order valence-electron chi connectivity index (χ3n) is 7.74. The van der Waals surface area contributed by atoms with Crippen LogP contribution in [-0.4, -0.2) is 78.8 Å². The van der Waals surface area contributed by atoms with Gasteiger partial charge >= 0.3 is 0 Å². The van der Waals surface area contributed by atoms with Gasteiger partial charge in [0.25, 0.3) is 0 Å². The summed E-state index contributed by atoms with van der Waals surface area (Å²) in [5.74, 6) is 0.921. The molecule has 3 aliphatic rings. The van der Waals surface area contributed by atoms with Gasteiger partial charge in [0.05, 0.1) is 31.9 Å². The van der Waals surface area contributed by atoms with E-state index in [0.717, 1.165) is 74.9 Å². The molecule has 1 aromatic heterocycles. The summed E-state index contributed by atoms with van der Waals surface area (Å²) < 4.78 is 32.0. The van der Waals surface area contributed by atoms with Crippen LogP contribution in [0.15, 0.2) is 23.7 Å². The van der Waals surface area contributed by atoms with Crippen LogP contribution in [0.1, 0.15) is 51.0 Å². The lowest BCUT2D eigenvalue weighted by atomic mass is 9.86. The van der Waals surface area contributed by atoms with Crippen LogP contribution in [0.3, 0.4) is 0 Å². The fraction of sp³-hybridized carbons (Fsp3) is 0.680. The van der Waals surface area contributed by atoms with E-state index in [0.29, 0.717) is 18.6 Å². The number of piperidine rings is 1. The molecule has 3 aliphatic heterocycles. The van der Waals surface area contributed by atoms with Crippen molar-refractivity contribution < 1.29 is 18.6 Å². The maximum absolute atomic E-state index is 14.1. The fourth-order valence-corrected chi connectivity index (χ4v) is 5.98. The number of methoxy groups -OCH3 is 1. The highest BCUT2D eigenvalue weighted by molar-refractivity contribution is 7.13. The van der Waals surface area contributed by atoms with E-state index < -0.39 is 0 Å². The molecule has 3 saturated heterocycles. The Kier molecular flexibility index (Phi) is 6.81. The Balaban J connectivity index is 1.14. The summed E-state index contributed by atoms with van der Waals surface area (Å²) in [4.78, 5) is 4.82. The van der Waals surface area contributed by atoms with Gasteiger partial charge in [-0.25, -0.2) is 4.39 Å². The number of halogens is 1. The molecule has 5 rings (SSSR count).